The number of ether oxygens (including phenoxy) is 6. The van der Waals surface area contributed by atoms with Gasteiger partial charge in [-0.25, -0.2) is 14.4 Å². The van der Waals surface area contributed by atoms with Gasteiger partial charge in [-0.05, 0) is 257 Å². The molecule has 106 heavy (non-hydrogen) atoms. The van der Waals surface area contributed by atoms with Gasteiger partial charge in [-0.1, -0.05) is 88.7 Å². The summed E-state index contributed by atoms with van der Waals surface area (Å²) in [6.45, 7) is 15.6. The molecule has 10 aliphatic rings. The molecule has 3 N–H and O–H groups in total. The Morgan fingerprint density at radius 3 is 1.01 bits per heavy atom. The number of benzene rings is 6. The van der Waals surface area contributed by atoms with Crippen LogP contribution in [-0.4, -0.2) is 183 Å². The molecule has 6 aromatic rings. The summed E-state index contributed by atoms with van der Waals surface area (Å²) in [7, 11) is 4.28. The summed E-state index contributed by atoms with van der Waals surface area (Å²) in [5.74, 6) is 0.970. The highest BCUT2D eigenvalue weighted by molar-refractivity contribution is 9.10. The zero-order valence-corrected chi connectivity index (χ0v) is 63.5. The lowest BCUT2D eigenvalue weighted by atomic mass is 9.78. The second kappa shape index (κ2) is 31.6. The van der Waals surface area contributed by atoms with Gasteiger partial charge in [-0.3, -0.25) is 14.4 Å². The number of likely N-dealkylation sites (tertiary alicyclic amines) is 3. The number of rotatable bonds is 15. The highest BCUT2D eigenvalue weighted by Gasteiger charge is 2.59. The van der Waals surface area contributed by atoms with Crippen LogP contribution in [0.4, 0.5) is 0 Å². The summed E-state index contributed by atoms with van der Waals surface area (Å²) in [5, 5.41) is 27.4. The van der Waals surface area contributed by atoms with Crippen LogP contribution < -0.4 is 19.7 Å². The zero-order valence-electron chi connectivity index (χ0n) is 61.9. The van der Waals surface area contributed by atoms with Crippen LogP contribution in [0, 0.1) is 16.2 Å². The Hall–Kier alpha value is -8.12. The maximum absolute atomic E-state index is 12.6. The lowest BCUT2D eigenvalue weighted by Gasteiger charge is -2.34. The van der Waals surface area contributed by atoms with E-state index in [1.165, 1.54) is 67.3 Å². The molecule has 3 amide bonds. The first-order chi connectivity index (χ1) is 50.8. The zero-order chi connectivity index (χ0) is 74.9. The Morgan fingerprint density at radius 2 is 0.717 bits per heavy atom. The van der Waals surface area contributed by atoms with Crippen LogP contribution in [0.25, 0.3) is 22.3 Å². The lowest BCUT2D eigenvalue weighted by Crippen LogP contribution is -2.44. The molecule has 20 nitrogen and oxygen atoms in total. The van der Waals surface area contributed by atoms with Gasteiger partial charge in [0.2, 0.25) is 0 Å². The molecular weight excluding hydrogens is 1410 g/mol. The van der Waals surface area contributed by atoms with Crippen molar-refractivity contribution in [2.45, 2.75) is 171 Å². The molecule has 7 saturated heterocycles. The molecule has 1 unspecified atom stereocenters. The number of carbonyl (C=O) groups excluding carboxylic acids is 3. The number of halogens is 1. The Kier molecular flexibility index (Phi) is 22.7. The van der Waals surface area contributed by atoms with E-state index in [-0.39, 0.29) is 71.0 Å². The molecule has 0 radical (unpaired) electrons. The van der Waals surface area contributed by atoms with Crippen LogP contribution in [0.5, 0.6) is 17.2 Å². The van der Waals surface area contributed by atoms with Crippen molar-refractivity contribution in [2.75, 3.05) is 80.4 Å². The van der Waals surface area contributed by atoms with Crippen molar-refractivity contribution in [1.82, 2.24) is 14.7 Å². The molecule has 16 rings (SSSR count). The lowest BCUT2D eigenvalue weighted by molar-refractivity contribution is -0.143. The number of piperidine rings is 3. The minimum Gasteiger partial charge on any atom is -0.497 e. The maximum atomic E-state index is 12.6. The van der Waals surface area contributed by atoms with E-state index in [1.807, 2.05) is 26.8 Å². The number of amides is 3. The Labute approximate surface area is 629 Å². The Balaban J connectivity index is 0.000000130. The fraction of sp³-hybridized carbons (Fsp3) is 0.500. The number of carbonyl (C=O) groups is 6. The molecular formula is C84H99BBrN3O17. The number of carboxylic acid groups (broad SMARTS) is 3. The molecule has 562 valence electrons. The van der Waals surface area contributed by atoms with Gasteiger partial charge in [-0.15, -0.1) is 0 Å². The molecule has 0 aromatic heterocycles. The Morgan fingerprint density at radius 1 is 0.415 bits per heavy atom. The van der Waals surface area contributed by atoms with Crippen LogP contribution in [-0.2, 0) is 37.9 Å². The predicted octanol–water partition coefficient (Wildman–Crippen LogP) is 14.1. The summed E-state index contributed by atoms with van der Waals surface area (Å²) < 4.78 is 45.2. The number of carboxylic acids is 3. The first kappa shape index (κ1) is 76.1. The van der Waals surface area contributed by atoms with Crippen molar-refractivity contribution in [1.29, 1.82) is 0 Å². The third-order valence-electron chi connectivity index (χ3n) is 24.7. The van der Waals surface area contributed by atoms with Gasteiger partial charge in [0.05, 0.1) is 49.2 Å². The standard InChI is InChI=1S/2C26H29NO5.C24H34BNO4.C8H7BrO3/c2*1-31-21-14-19(13-20(15-21)25(29)30)17-4-6-18(7-5-17)22-16-26(22)8-10-27(11-9-26)24(28)23-3-2-12-32-23;1-22(2)23(3,4)30-25(29-22)18-9-7-17(8-10-18)19-16-24(19)11-13-26(14-12-24)21(27)20-6-5-15-28-20;1-12-7-3-5(8(10)11)2-6(9)4-7/h2*4-7,13-15,22-23H,2-3,8-12,16H2,1H3,(H,29,30);7-10,19-20H,5-6,11-16H2,1-4H3;2-4H,1H3,(H,10,11)/t22-,23+;22-,23-;19?,20-;/m011./s1. The van der Waals surface area contributed by atoms with E-state index in [1.54, 1.807) is 32.4 Å². The van der Waals surface area contributed by atoms with Gasteiger partial charge in [0.15, 0.2) is 0 Å². The number of hydrogen-bond acceptors (Lipinski definition) is 14. The van der Waals surface area contributed by atoms with E-state index < -0.39 is 17.9 Å². The second-order valence-corrected chi connectivity index (χ2v) is 32.4. The fourth-order valence-electron chi connectivity index (χ4n) is 17.1. The number of aromatic carboxylic acids is 3. The van der Waals surface area contributed by atoms with Crippen molar-refractivity contribution >= 4 is 64.1 Å². The molecule has 7 aliphatic heterocycles. The van der Waals surface area contributed by atoms with Crippen molar-refractivity contribution in [3.63, 3.8) is 0 Å². The number of nitrogens with zero attached hydrogens (tertiary/aromatic N) is 3. The van der Waals surface area contributed by atoms with Gasteiger partial charge in [0, 0.05) is 63.6 Å². The average Bonchev–Trinajstić information content (AvgIpc) is 1.59. The van der Waals surface area contributed by atoms with Gasteiger partial charge in [-0.2, -0.15) is 0 Å². The van der Waals surface area contributed by atoms with Crippen molar-refractivity contribution in [2.24, 2.45) is 16.2 Å². The largest absolute Gasteiger partial charge is 0.497 e. The molecule has 22 heteroatoms. The summed E-state index contributed by atoms with van der Waals surface area (Å²) in [6.07, 6.45) is 15.0. The van der Waals surface area contributed by atoms with Crippen LogP contribution in [0.2, 0.25) is 0 Å². The summed E-state index contributed by atoms with van der Waals surface area (Å²) in [6, 6.07) is 40.6. The molecule has 10 fully saturated rings. The van der Waals surface area contributed by atoms with E-state index in [9.17, 15) is 39.0 Å². The first-order valence-electron chi connectivity index (χ1n) is 37.6. The van der Waals surface area contributed by atoms with Crippen LogP contribution >= 0.6 is 15.9 Å². The highest BCUT2D eigenvalue weighted by atomic mass is 79.9. The maximum Gasteiger partial charge on any atom is 0.494 e. The third-order valence-corrected chi connectivity index (χ3v) is 25.1. The highest BCUT2D eigenvalue weighted by Crippen LogP contribution is 2.67. The average molecular weight is 1510 g/mol. The van der Waals surface area contributed by atoms with Crippen molar-refractivity contribution in [3.05, 3.63) is 165 Å². The van der Waals surface area contributed by atoms with Crippen LogP contribution in [0.1, 0.15) is 190 Å². The molecule has 3 spiro atoms. The second-order valence-electron chi connectivity index (χ2n) is 31.5. The molecule has 3 aliphatic carbocycles. The van der Waals surface area contributed by atoms with Gasteiger partial charge < -0.3 is 67.7 Å². The minimum atomic E-state index is -0.967. The van der Waals surface area contributed by atoms with Crippen molar-refractivity contribution in [3.8, 4) is 39.5 Å². The first-order valence-corrected chi connectivity index (χ1v) is 38.4. The van der Waals surface area contributed by atoms with Gasteiger partial charge in [0.1, 0.15) is 35.6 Å². The topological polar surface area (TPSA) is 247 Å². The van der Waals surface area contributed by atoms with Gasteiger partial charge >= 0.3 is 25.0 Å². The smallest absolute Gasteiger partial charge is 0.494 e. The molecule has 6 atom stereocenters. The summed E-state index contributed by atoms with van der Waals surface area (Å²) in [4.78, 5) is 77.3. The monoisotopic (exact) mass is 1510 g/mol. The fourth-order valence-corrected chi connectivity index (χ4v) is 17.5. The molecule has 3 saturated carbocycles. The Bertz CT molecular complexity index is 4000. The quantitative estimate of drug-likeness (QED) is 0.0809. The van der Waals surface area contributed by atoms with Gasteiger partial charge in [0.25, 0.3) is 17.7 Å². The number of methoxy groups -OCH3 is 3. The normalized spacial score (nSPS) is 24.3. The van der Waals surface area contributed by atoms with E-state index in [2.05, 4.69) is 116 Å². The minimum absolute atomic E-state index is 0.179. The summed E-state index contributed by atoms with van der Waals surface area (Å²) >= 11 is 3.18. The van der Waals surface area contributed by atoms with E-state index in [0.717, 1.165) is 151 Å². The third kappa shape index (κ3) is 16.8. The summed E-state index contributed by atoms with van der Waals surface area (Å²) in [5.41, 5.74) is 9.81. The van der Waals surface area contributed by atoms with E-state index in [0.29, 0.717) is 68.9 Å². The van der Waals surface area contributed by atoms with Crippen molar-refractivity contribution < 1.29 is 81.8 Å². The predicted molar refractivity (Wildman–Crippen MR) is 404 cm³/mol. The van der Waals surface area contributed by atoms with E-state index >= 15 is 0 Å². The van der Waals surface area contributed by atoms with Crippen LogP contribution in [0.15, 0.2) is 132 Å². The van der Waals surface area contributed by atoms with E-state index in [4.69, 9.17) is 42.8 Å². The van der Waals surface area contributed by atoms with Crippen LogP contribution in [0.3, 0.4) is 0 Å². The molecule has 6 aromatic carbocycles. The molecule has 0 bridgehead atoms. The molecule has 7 heterocycles. The SMILES string of the molecule is CC1(C)OB(c2ccc(C3CC34CCN(C(=O)[C@H]3CCCO3)CC4)cc2)OC1(C)C.COc1cc(Br)cc(C(=O)O)c1.COc1cc(C(=O)O)cc(-c2ccc([C@@H]3CC34CCN(C(=O)[C@H]3CCCO3)CC4)cc2)c1.COc1cc(C(=O)O)cc(-c2ccc([C@H]3CC34CCN(C(=O)[C@H]3CCCO3)CC4)cc2)c1. The number of hydrogen-bond donors (Lipinski definition) is 3.